The lowest BCUT2D eigenvalue weighted by molar-refractivity contribution is -0.142. The Morgan fingerprint density at radius 1 is 0.829 bits per heavy atom. The number of carbonyl (C=O) groups is 1. The number of benzene rings is 1. The molecule has 0 saturated carbocycles. The number of alkyl halides is 6. The number of rotatable bonds is 7. The summed E-state index contributed by atoms with van der Waals surface area (Å²) in [5.74, 6) is -1.62. The lowest BCUT2D eigenvalue weighted by atomic mass is 10.0. The van der Waals surface area contributed by atoms with Crippen molar-refractivity contribution in [3.05, 3.63) is 89.4 Å². The van der Waals surface area contributed by atoms with Crippen LogP contribution in [0.25, 0.3) is 5.57 Å². The lowest BCUT2D eigenvalue weighted by Gasteiger charge is -2.13. The molecule has 3 aromatic rings. The predicted octanol–water partition coefficient (Wildman–Crippen LogP) is 5.69. The fourth-order valence-corrected chi connectivity index (χ4v) is 2.80. The van der Waals surface area contributed by atoms with Crippen LogP contribution < -0.4 is 9.47 Å². The van der Waals surface area contributed by atoms with Crippen LogP contribution in [0, 0.1) is 0 Å². The summed E-state index contributed by atoms with van der Waals surface area (Å²) in [7, 11) is 1.09. The van der Waals surface area contributed by atoms with Gasteiger partial charge >= 0.3 is 18.3 Å². The van der Waals surface area contributed by atoms with Crippen LogP contribution in [-0.2, 0) is 28.5 Å². The highest BCUT2D eigenvalue weighted by atomic mass is 19.4. The number of hydrogen-bond donors (Lipinski definition) is 0. The second kappa shape index (κ2) is 10.5. The number of nitrogens with zero attached hydrogens (tertiary/aromatic N) is 2. The molecule has 6 nitrogen and oxygen atoms in total. The van der Waals surface area contributed by atoms with Gasteiger partial charge in [0.2, 0.25) is 11.8 Å². The monoisotopic (exact) mass is 498 g/mol. The van der Waals surface area contributed by atoms with E-state index in [-0.39, 0.29) is 23.6 Å². The maximum atomic E-state index is 12.9. The zero-order chi connectivity index (χ0) is 25.6. The third kappa shape index (κ3) is 6.71. The molecule has 0 aliphatic rings. The van der Waals surface area contributed by atoms with Crippen LogP contribution in [0.3, 0.4) is 0 Å². The van der Waals surface area contributed by atoms with Crippen molar-refractivity contribution in [2.24, 2.45) is 0 Å². The Bertz CT molecular complexity index is 1220. The number of halogens is 6. The van der Waals surface area contributed by atoms with Crippen molar-refractivity contribution in [1.29, 1.82) is 0 Å². The van der Waals surface area contributed by atoms with E-state index in [9.17, 15) is 31.1 Å². The first-order valence-electron chi connectivity index (χ1n) is 9.74. The van der Waals surface area contributed by atoms with Crippen LogP contribution >= 0.6 is 0 Å². The van der Waals surface area contributed by atoms with Gasteiger partial charge in [-0.05, 0) is 23.3 Å². The highest BCUT2D eigenvalue weighted by Crippen LogP contribution is 2.30. The first-order chi connectivity index (χ1) is 16.5. The summed E-state index contributed by atoms with van der Waals surface area (Å²) in [6, 6.07) is 12.3. The fourth-order valence-electron chi connectivity index (χ4n) is 2.80. The summed E-state index contributed by atoms with van der Waals surface area (Å²) in [6.07, 6.45) is -8.49. The van der Waals surface area contributed by atoms with Crippen molar-refractivity contribution in [2.45, 2.75) is 19.0 Å². The molecule has 184 valence electrons. The summed E-state index contributed by atoms with van der Waals surface area (Å²) in [5, 5.41) is 0. The van der Waals surface area contributed by atoms with Gasteiger partial charge in [-0.15, -0.1) is 0 Å². The van der Waals surface area contributed by atoms with Crippen LogP contribution in [0.15, 0.2) is 66.9 Å². The van der Waals surface area contributed by atoms with Gasteiger partial charge in [0.25, 0.3) is 0 Å². The molecule has 0 fully saturated rings. The normalized spacial score (nSPS) is 12.3. The zero-order valence-corrected chi connectivity index (χ0v) is 17.9. The maximum Gasteiger partial charge on any atom is 0.433 e. The summed E-state index contributed by atoms with van der Waals surface area (Å²) < 4.78 is 92.7. The molecule has 12 heteroatoms. The molecule has 0 saturated heterocycles. The highest BCUT2D eigenvalue weighted by Gasteiger charge is 2.33. The van der Waals surface area contributed by atoms with Crippen molar-refractivity contribution in [3.63, 3.8) is 0 Å². The van der Waals surface area contributed by atoms with Crippen molar-refractivity contribution in [3.8, 4) is 11.8 Å². The number of ether oxygens (including phenoxy) is 3. The van der Waals surface area contributed by atoms with E-state index in [0.29, 0.717) is 5.56 Å². The van der Waals surface area contributed by atoms with E-state index in [1.807, 2.05) is 0 Å². The van der Waals surface area contributed by atoms with Gasteiger partial charge in [-0.2, -0.15) is 26.3 Å². The van der Waals surface area contributed by atoms with E-state index in [4.69, 9.17) is 14.2 Å². The minimum Gasteiger partial charge on any atom is -0.473 e. The molecule has 3 rings (SSSR count). The molecule has 0 unspecified atom stereocenters. The minimum absolute atomic E-state index is 0.192. The topological polar surface area (TPSA) is 70.5 Å². The average Bonchev–Trinajstić information content (AvgIpc) is 2.82. The molecule has 0 bridgehead atoms. The van der Waals surface area contributed by atoms with E-state index in [2.05, 4.69) is 9.97 Å². The summed E-state index contributed by atoms with van der Waals surface area (Å²) in [4.78, 5) is 19.2. The van der Waals surface area contributed by atoms with Crippen molar-refractivity contribution >= 4 is 11.5 Å². The quantitative estimate of drug-likeness (QED) is 0.181. The summed E-state index contributed by atoms with van der Waals surface area (Å²) >= 11 is 0. The van der Waals surface area contributed by atoms with Crippen LogP contribution in [0.1, 0.15) is 22.5 Å². The van der Waals surface area contributed by atoms with Gasteiger partial charge in [0.1, 0.15) is 29.8 Å². The number of aromatic nitrogens is 2. The first kappa shape index (κ1) is 25.5. The molecule has 0 radical (unpaired) electrons. The molecule has 0 aliphatic carbocycles. The van der Waals surface area contributed by atoms with E-state index in [1.54, 1.807) is 12.1 Å². The molecule has 1 aromatic carbocycles. The molecule has 0 aliphatic heterocycles. The van der Waals surface area contributed by atoms with E-state index in [1.165, 1.54) is 18.2 Å². The molecule has 2 aromatic heterocycles. The van der Waals surface area contributed by atoms with E-state index in [0.717, 1.165) is 43.7 Å². The van der Waals surface area contributed by atoms with E-state index < -0.39 is 35.6 Å². The smallest absolute Gasteiger partial charge is 0.433 e. The van der Waals surface area contributed by atoms with Gasteiger partial charge < -0.3 is 14.2 Å². The van der Waals surface area contributed by atoms with Gasteiger partial charge in [0.15, 0.2) is 0 Å². The number of carbonyl (C=O) groups excluding carboxylic acids is 1. The lowest BCUT2D eigenvalue weighted by Crippen LogP contribution is -2.11. The van der Waals surface area contributed by atoms with Gasteiger partial charge in [0.05, 0.1) is 7.11 Å². The third-order valence-electron chi connectivity index (χ3n) is 4.41. The largest absolute Gasteiger partial charge is 0.473 e. The van der Waals surface area contributed by atoms with Crippen molar-refractivity contribution < 1.29 is 45.3 Å². The van der Waals surface area contributed by atoms with Crippen molar-refractivity contribution in [1.82, 2.24) is 9.97 Å². The number of methoxy groups -OCH3 is 1. The molecule has 0 atom stereocenters. The Morgan fingerprint density at radius 2 is 1.40 bits per heavy atom. The molecule has 0 N–H and O–H groups in total. The molecule has 0 spiro atoms. The predicted molar refractivity (Wildman–Crippen MR) is 110 cm³/mol. The zero-order valence-electron chi connectivity index (χ0n) is 17.9. The van der Waals surface area contributed by atoms with Gasteiger partial charge in [-0.1, -0.05) is 36.4 Å². The third-order valence-corrected chi connectivity index (χ3v) is 4.41. The first-order valence-corrected chi connectivity index (χ1v) is 9.74. The van der Waals surface area contributed by atoms with Gasteiger partial charge in [-0.3, -0.25) is 0 Å². The second-order valence-electron chi connectivity index (χ2n) is 6.80. The Kier molecular flexibility index (Phi) is 7.62. The maximum absolute atomic E-state index is 12.9. The van der Waals surface area contributed by atoms with Gasteiger partial charge in [-0.25, -0.2) is 14.8 Å². The fraction of sp³-hybridized carbons (Fsp3) is 0.174. The number of esters is 1. The minimum atomic E-state index is -4.70. The number of hydrogen-bond acceptors (Lipinski definition) is 6. The number of pyridine rings is 2. The Hall–Kier alpha value is -4.09. The van der Waals surface area contributed by atoms with Gasteiger partial charge in [0, 0.05) is 12.1 Å². The molecule has 0 amide bonds. The van der Waals surface area contributed by atoms with E-state index >= 15 is 0 Å². The summed E-state index contributed by atoms with van der Waals surface area (Å²) in [6.45, 7) is -0.291. The Labute approximate surface area is 194 Å². The van der Waals surface area contributed by atoms with Crippen LogP contribution in [0.4, 0.5) is 26.3 Å². The molecule has 35 heavy (non-hydrogen) atoms. The van der Waals surface area contributed by atoms with Crippen LogP contribution in [0.2, 0.25) is 0 Å². The van der Waals surface area contributed by atoms with Crippen molar-refractivity contribution in [2.75, 3.05) is 7.11 Å². The standard InChI is InChI=1S/C23H16F6N2O4/c1-33-21(32)16(13-35-20-11-5-9-18(31-20)23(27,28)29)15-7-3-2-6-14(15)12-34-19-10-4-8-17(30-19)22(24,25)26/h2-11,13H,12H2,1H3/b16-13+. The second-order valence-corrected chi connectivity index (χ2v) is 6.80. The summed E-state index contributed by atoms with van der Waals surface area (Å²) in [5.41, 5.74) is -1.98. The Morgan fingerprint density at radius 3 is 2.00 bits per heavy atom. The van der Waals surface area contributed by atoms with Crippen LogP contribution in [0.5, 0.6) is 11.8 Å². The highest BCUT2D eigenvalue weighted by molar-refractivity contribution is 6.16. The SMILES string of the molecule is COC(=O)/C(=C/Oc1cccc(C(F)(F)F)n1)c1ccccc1COc1cccc(C(F)(F)F)n1. The molecular weight excluding hydrogens is 482 g/mol. The Balaban J connectivity index is 1.88. The molecule has 2 heterocycles. The average molecular weight is 498 g/mol. The molecular formula is C23H16F6N2O4. The van der Waals surface area contributed by atoms with Crippen LogP contribution in [-0.4, -0.2) is 23.0 Å².